The maximum absolute atomic E-state index is 13.5. The van der Waals surface area contributed by atoms with Gasteiger partial charge in [-0.05, 0) is 36.4 Å². The zero-order chi connectivity index (χ0) is 14.1. The second-order valence-corrected chi connectivity index (χ2v) is 4.19. The molecule has 0 fully saturated rings. The number of furan rings is 1. The van der Waals surface area contributed by atoms with Crippen molar-refractivity contribution in [1.82, 2.24) is 4.98 Å². The molecule has 0 aliphatic carbocycles. The van der Waals surface area contributed by atoms with E-state index in [1.54, 1.807) is 31.4 Å². The number of ketones is 1. The van der Waals surface area contributed by atoms with E-state index in [9.17, 15) is 9.18 Å². The van der Waals surface area contributed by atoms with E-state index in [-0.39, 0.29) is 11.3 Å². The lowest BCUT2D eigenvalue weighted by atomic mass is 10.1. The van der Waals surface area contributed by atoms with Gasteiger partial charge in [0.1, 0.15) is 11.3 Å². The molecule has 0 N–H and O–H groups in total. The number of aromatic nitrogens is 1. The molecule has 2 aromatic heterocycles. The zero-order valence-electron chi connectivity index (χ0n) is 10.6. The van der Waals surface area contributed by atoms with Crippen molar-refractivity contribution in [2.45, 2.75) is 0 Å². The van der Waals surface area contributed by atoms with E-state index in [0.717, 1.165) is 5.39 Å². The molecule has 0 unspecified atom stereocenters. The first-order valence-corrected chi connectivity index (χ1v) is 5.92. The molecule has 1 aromatic carbocycles. The number of benzene rings is 1. The quantitative estimate of drug-likeness (QED) is 0.542. The minimum absolute atomic E-state index is 0.0696. The number of carbonyl (C=O) groups is 1. The highest BCUT2D eigenvalue weighted by Gasteiger charge is 2.18. The number of fused-ring (bicyclic) bond motifs is 1. The SMILES string of the molecule is COc1ccc2oc(C(=O)c3cccnc3F)cc2c1. The van der Waals surface area contributed by atoms with Crippen molar-refractivity contribution in [2.24, 2.45) is 0 Å². The Balaban J connectivity index is 2.06. The molecule has 0 aliphatic heterocycles. The van der Waals surface area contributed by atoms with Gasteiger partial charge in [-0.25, -0.2) is 4.98 Å². The summed E-state index contributed by atoms with van der Waals surface area (Å²) in [6.45, 7) is 0. The maximum atomic E-state index is 13.5. The Morgan fingerprint density at radius 3 is 2.90 bits per heavy atom. The predicted molar refractivity (Wildman–Crippen MR) is 70.4 cm³/mol. The van der Waals surface area contributed by atoms with E-state index < -0.39 is 11.7 Å². The van der Waals surface area contributed by atoms with Crippen molar-refractivity contribution in [3.8, 4) is 5.75 Å². The number of ether oxygens (including phenoxy) is 1. The van der Waals surface area contributed by atoms with Crippen molar-refractivity contribution in [1.29, 1.82) is 0 Å². The van der Waals surface area contributed by atoms with Gasteiger partial charge in [0.15, 0.2) is 5.76 Å². The fraction of sp³-hybridized carbons (Fsp3) is 0.0667. The minimum atomic E-state index is -0.810. The second-order valence-electron chi connectivity index (χ2n) is 4.19. The van der Waals surface area contributed by atoms with Crippen LogP contribution in [0.1, 0.15) is 16.1 Å². The number of nitrogens with zero attached hydrogens (tertiary/aromatic N) is 1. The molecule has 0 atom stereocenters. The monoisotopic (exact) mass is 271 g/mol. The third-order valence-corrected chi connectivity index (χ3v) is 2.95. The third-order valence-electron chi connectivity index (χ3n) is 2.95. The average Bonchev–Trinajstić information content (AvgIpc) is 2.89. The van der Waals surface area contributed by atoms with E-state index >= 15 is 0 Å². The van der Waals surface area contributed by atoms with E-state index in [4.69, 9.17) is 9.15 Å². The summed E-state index contributed by atoms with van der Waals surface area (Å²) >= 11 is 0. The lowest BCUT2D eigenvalue weighted by Crippen LogP contribution is -2.04. The molecular weight excluding hydrogens is 261 g/mol. The van der Waals surface area contributed by atoms with Crippen molar-refractivity contribution in [3.05, 3.63) is 59.9 Å². The summed E-state index contributed by atoms with van der Waals surface area (Å²) in [6, 6.07) is 9.61. The van der Waals surface area contributed by atoms with E-state index in [1.807, 2.05) is 0 Å². The average molecular weight is 271 g/mol. The molecule has 0 saturated carbocycles. The van der Waals surface area contributed by atoms with Crippen LogP contribution in [0.5, 0.6) is 5.75 Å². The topological polar surface area (TPSA) is 52.3 Å². The highest BCUT2D eigenvalue weighted by atomic mass is 19.1. The van der Waals surface area contributed by atoms with Gasteiger partial charge in [0.25, 0.3) is 0 Å². The van der Waals surface area contributed by atoms with Gasteiger partial charge < -0.3 is 9.15 Å². The molecule has 0 aliphatic rings. The summed E-state index contributed by atoms with van der Waals surface area (Å²) < 4.78 is 24.0. The fourth-order valence-corrected chi connectivity index (χ4v) is 1.95. The summed E-state index contributed by atoms with van der Waals surface area (Å²) in [5, 5.41) is 0.719. The van der Waals surface area contributed by atoms with E-state index in [0.29, 0.717) is 11.3 Å². The number of halogens is 1. The first-order valence-electron chi connectivity index (χ1n) is 5.92. The number of carbonyl (C=O) groups excluding carboxylic acids is 1. The molecule has 0 amide bonds. The van der Waals surface area contributed by atoms with Crippen LogP contribution in [-0.4, -0.2) is 17.9 Å². The van der Waals surface area contributed by atoms with Gasteiger partial charge >= 0.3 is 0 Å². The Morgan fingerprint density at radius 1 is 1.30 bits per heavy atom. The minimum Gasteiger partial charge on any atom is -0.497 e. The standard InChI is InChI=1S/C15H10FNO3/c1-19-10-4-5-12-9(7-10)8-13(20-12)14(18)11-3-2-6-17-15(11)16/h2-8H,1H3. The largest absolute Gasteiger partial charge is 0.497 e. The molecule has 0 spiro atoms. The van der Waals surface area contributed by atoms with Gasteiger partial charge in [0, 0.05) is 11.6 Å². The Bertz CT molecular complexity index is 795. The molecule has 100 valence electrons. The molecular formula is C15H10FNO3. The van der Waals surface area contributed by atoms with Crippen molar-refractivity contribution < 1.29 is 18.3 Å². The first-order chi connectivity index (χ1) is 9.69. The van der Waals surface area contributed by atoms with Gasteiger partial charge in [-0.15, -0.1) is 0 Å². The molecule has 3 rings (SSSR count). The van der Waals surface area contributed by atoms with Gasteiger partial charge in [-0.1, -0.05) is 0 Å². The highest BCUT2D eigenvalue weighted by Crippen LogP contribution is 2.25. The second kappa shape index (κ2) is 4.77. The molecule has 5 heteroatoms. The summed E-state index contributed by atoms with van der Waals surface area (Å²) in [5.41, 5.74) is 0.428. The van der Waals surface area contributed by atoms with Crippen LogP contribution < -0.4 is 4.74 Å². The summed E-state index contributed by atoms with van der Waals surface area (Å²) in [6.07, 6.45) is 1.29. The van der Waals surface area contributed by atoms with Crippen molar-refractivity contribution >= 4 is 16.8 Å². The number of hydrogen-bond donors (Lipinski definition) is 0. The third kappa shape index (κ3) is 2.03. The number of methoxy groups -OCH3 is 1. The Labute approximate surface area is 113 Å². The lowest BCUT2D eigenvalue weighted by Gasteiger charge is -1.97. The summed E-state index contributed by atoms with van der Waals surface area (Å²) in [7, 11) is 1.55. The Kier molecular flexibility index (Phi) is 2.95. The van der Waals surface area contributed by atoms with Crippen LogP contribution in [0.3, 0.4) is 0 Å². The van der Waals surface area contributed by atoms with E-state index in [1.165, 1.54) is 18.3 Å². The summed E-state index contributed by atoms with van der Waals surface area (Å²) in [4.78, 5) is 15.6. The molecule has 20 heavy (non-hydrogen) atoms. The van der Waals surface area contributed by atoms with Crippen molar-refractivity contribution in [2.75, 3.05) is 7.11 Å². The molecule has 3 aromatic rings. The van der Waals surface area contributed by atoms with Crippen LogP contribution >= 0.6 is 0 Å². The Hall–Kier alpha value is -2.69. The predicted octanol–water partition coefficient (Wildman–Crippen LogP) is 3.21. The molecule has 0 saturated heterocycles. The van der Waals surface area contributed by atoms with Crippen LogP contribution in [0, 0.1) is 5.95 Å². The van der Waals surface area contributed by atoms with E-state index in [2.05, 4.69) is 4.98 Å². The zero-order valence-corrected chi connectivity index (χ0v) is 10.6. The van der Waals surface area contributed by atoms with Crippen LogP contribution in [0.4, 0.5) is 4.39 Å². The normalized spacial score (nSPS) is 10.7. The number of rotatable bonds is 3. The van der Waals surface area contributed by atoms with Gasteiger partial charge in [0.2, 0.25) is 11.7 Å². The Morgan fingerprint density at radius 2 is 2.15 bits per heavy atom. The van der Waals surface area contributed by atoms with Crippen LogP contribution in [0.2, 0.25) is 0 Å². The summed E-state index contributed by atoms with van der Waals surface area (Å²) in [5.74, 6) is -0.619. The van der Waals surface area contributed by atoms with Gasteiger partial charge in [-0.2, -0.15) is 4.39 Å². The lowest BCUT2D eigenvalue weighted by molar-refractivity contribution is 0.101. The molecule has 2 heterocycles. The number of pyridine rings is 1. The highest BCUT2D eigenvalue weighted by molar-refractivity contribution is 6.09. The van der Waals surface area contributed by atoms with Gasteiger partial charge in [-0.3, -0.25) is 4.79 Å². The molecule has 4 nitrogen and oxygen atoms in total. The fourth-order valence-electron chi connectivity index (χ4n) is 1.95. The van der Waals surface area contributed by atoms with Crippen LogP contribution in [-0.2, 0) is 0 Å². The maximum Gasteiger partial charge on any atom is 0.232 e. The van der Waals surface area contributed by atoms with Crippen LogP contribution in [0.15, 0.2) is 47.0 Å². The van der Waals surface area contributed by atoms with Crippen LogP contribution in [0.25, 0.3) is 11.0 Å². The van der Waals surface area contributed by atoms with Crippen molar-refractivity contribution in [3.63, 3.8) is 0 Å². The number of hydrogen-bond acceptors (Lipinski definition) is 4. The van der Waals surface area contributed by atoms with Gasteiger partial charge in [0.05, 0.1) is 12.7 Å². The smallest absolute Gasteiger partial charge is 0.232 e. The molecule has 0 radical (unpaired) electrons. The first kappa shape index (κ1) is 12.3. The molecule has 0 bridgehead atoms.